The molecule has 1 amide bonds. The minimum atomic E-state index is -0.0709. The van der Waals surface area contributed by atoms with Gasteiger partial charge in [0.15, 0.2) is 11.5 Å². The summed E-state index contributed by atoms with van der Waals surface area (Å²) in [5.41, 5.74) is 1.99. The van der Waals surface area contributed by atoms with Crippen LogP contribution in [0.5, 0.6) is 11.5 Å². The molecule has 0 unspecified atom stereocenters. The molecule has 1 aliphatic carbocycles. The van der Waals surface area contributed by atoms with Crippen molar-refractivity contribution in [1.29, 1.82) is 0 Å². The van der Waals surface area contributed by atoms with Gasteiger partial charge >= 0.3 is 0 Å². The van der Waals surface area contributed by atoms with E-state index in [0.717, 1.165) is 29.8 Å². The molecule has 0 saturated heterocycles. The zero-order valence-electron chi connectivity index (χ0n) is 13.7. The molecule has 6 heteroatoms. The zero-order valence-corrected chi connectivity index (χ0v) is 13.7. The zero-order chi connectivity index (χ0) is 16.7. The largest absolute Gasteiger partial charge is 0.504 e. The molecule has 6 nitrogen and oxygen atoms in total. The quantitative estimate of drug-likeness (QED) is 0.908. The van der Waals surface area contributed by atoms with Crippen molar-refractivity contribution in [2.24, 2.45) is 0 Å². The molecule has 1 aromatic carbocycles. The first kappa shape index (κ1) is 15.1. The van der Waals surface area contributed by atoms with Crippen LogP contribution < -0.4 is 10.1 Å². The maximum Gasteiger partial charge on any atom is 0.226 e. The predicted molar refractivity (Wildman–Crippen MR) is 89.5 cm³/mol. The topological polar surface area (TPSA) is 76.4 Å². The second-order valence-corrected chi connectivity index (χ2v) is 6.57. The molecule has 0 bridgehead atoms. The fraction of sp³-hybridized carbons (Fsp3) is 0.444. The van der Waals surface area contributed by atoms with Crippen LogP contribution in [0.15, 0.2) is 24.4 Å². The average Bonchev–Trinajstić information content (AvgIpc) is 3.23. The lowest BCUT2D eigenvalue weighted by Crippen LogP contribution is -2.25. The molecule has 126 valence electrons. The molecule has 2 N–H and O–H groups in total. The van der Waals surface area contributed by atoms with E-state index < -0.39 is 0 Å². The molecule has 4 rings (SSSR count). The summed E-state index contributed by atoms with van der Waals surface area (Å²) in [5, 5.41) is 17.4. The Morgan fingerprint density at radius 2 is 2.12 bits per heavy atom. The number of benzene rings is 1. The predicted octanol–water partition coefficient (Wildman–Crippen LogP) is 3.19. The van der Waals surface area contributed by atoms with Gasteiger partial charge in [0.25, 0.3) is 0 Å². The van der Waals surface area contributed by atoms with E-state index in [1.807, 2.05) is 16.9 Å². The summed E-state index contributed by atoms with van der Waals surface area (Å²) < 4.78 is 7.20. The van der Waals surface area contributed by atoms with E-state index in [2.05, 4.69) is 10.4 Å². The number of rotatable bonds is 3. The molecular weight excluding hydrogens is 306 g/mol. The molecule has 2 aromatic rings. The van der Waals surface area contributed by atoms with Crippen LogP contribution in [0.4, 0.5) is 5.82 Å². The van der Waals surface area contributed by atoms with Crippen LogP contribution in [0.2, 0.25) is 0 Å². The Morgan fingerprint density at radius 1 is 1.33 bits per heavy atom. The molecule has 1 saturated carbocycles. The number of aromatic nitrogens is 2. The summed E-state index contributed by atoms with van der Waals surface area (Å²) in [6, 6.07) is 5.64. The molecule has 24 heavy (non-hydrogen) atoms. The van der Waals surface area contributed by atoms with Crippen LogP contribution in [-0.4, -0.2) is 27.9 Å². The second kappa shape index (κ2) is 5.85. The van der Waals surface area contributed by atoms with Gasteiger partial charge in [-0.15, -0.1) is 0 Å². The maximum atomic E-state index is 12.3. The molecular formula is C18H21N3O3. The first-order valence-electron chi connectivity index (χ1n) is 8.41. The lowest BCUT2D eigenvalue weighted by atomic mass is 9.87. The summed E-state index contributed by atoms with van der Waals surface area (Å²) >= 11 is 0. The smallest absolute Gasteiger partial charge is 0.226 e. The highest BCUT2D eigenvalue weighted by atomic mass is 16.5. The standard InChI is InChI=1S/C18H21N3O3/c1-24-16-8-11(6-7-15(16)22)13-9-17(23)20-18-14(13)10-19-21(18)12-4-2-3-5-12/h6-8,10,12-13,22H,2-5,9H2,1H3,(H,20,23)/t13-/m1/s1. The van der Waals surface area contributed by atoms with Crippen LogP contribution in [0.25, 0.3) is 0 Å². The van der Waals surface area contributed by atoms with Crippen molar-refractivity contribution in [3.8, 4) is 11.5 Å². The Bertz CT molecular complexity index is 778. The number of nitrogens with zero attached hydrogens (tertiary/aromatic N) is 2. The lowest BCUT2D eigenvalue weighted by molar-refractivity contribution is -0.116. The Labute approximate surface area is 140 Å². The Hall–Kier alpha value is -2.50. The highest BCUT2D eigenvalue weighted by molar-refractivity contribution is 5.94. The van der Waals surface area contributed by atoms with E-state index in [-0.39, 0.29) is 17.6 Å². The Kier molecular flexibility index (Phi) is 3.67. The first-order valence-corrected chi connectivity index (χ1v) is 8.41. The molecule has 1 atom stereocenters. The van der Waals surface area contributed by atoms with E-state index >= 15 is 0 Å². The van der Waals surface area contributed by atoms with Crippen LogP contribution in [0.3, 0.4) is 0 Å². The summed E-state index contributed by atoms with van der Waals surface area (Å²) in [7, 11) is 1.52. The third-order valence-corrected chi connectivity index (χ3v) is 5.12. The Morgan fingerprint density at radius 3 is 2.88 bits per heavy atom. The van der Waals surface area contributed by atoms with Gasteiger partial charge < -0.3 is 15.2 Å². The van der Waals surface area contributed by atoms with E-state index in [0.29, 0.717) is 18.2 Å². The van der Waals surface area contributed by atoms with Crippen LogP contribution in [0, 0.1) is 0 Å². The highest BCUT2D eigenvalue weighted by Gasteiger charge is 2.32. The van der Waals surface area contributed by atoms with Gasteiger partial charge in [-0.05, 0) is 30.5 Å². The maximum absolute atomic E-state index is 12.3. The van der Waals surface area contributed by atoms with Crippen molar-refractivity contribution in [2.45, 2.75) is 44.1 Å². The van der Waals surface area contributed by atoms with Crippen LogP contribution >= 0.6 is 0 Å². The number of ether oxygens (including phenoxy) is 1. The van der Waals surface area contributed by atoms with Crippen molar-refractivity contribution in [1.82, 2.24) is 9.78 Å². The molecule has 0 radical (unpaired) electrons. The number of anilines is 1. The van der Waals surface area contributed by atoms with Gasteiger partial charge in [-0.2, -0.15) is 5.10 Å². The summed E-state index contributed by atoms with van der Waals surface area (Å²) in [4.78, 5) is 12.3. The van der Waals surface area contributed by atoms with Crippen molar-refractivity contribution in [3.63, 3.8) is 0 Å². The Balaban J connectivity index is 1.75. The third-order valence-electron chi connectivity index (χ3n) is 5.12. The number of fused-ring (bicyclic) bond motifs is 1. The first-order chi connectivity index (χ1) is 11.7. The highest BCUT2D eigenvalue weighted by Crippen LogP contribution is 2.42. The number of carbonyl (C=O) groups excluding carboxylic acids is 1. The van der Waals surface area contributed by atoms with Gasteiger partial charge in [-0.3, -0.25) is 4.79 Å². The average molecular weight is 327 g/mol. The number of methoxy groups -OCH3 is 1. The molecule has 1 fully saturated rings. The number of aromatic hydroxyl groups is 1. The fourth-order valence-corrected chi connectivity index (χ4v) is 3.87. The van der Waals surface area contributed by atoms with E-state index in [4.69, 9.17) is 4.74 Å². The number of nitrogens with one attached hydrogen (secondary N) is 1. The molecule has 1 aromatic heterocycles. The minimum Gasteiger partial charge on any atom is -0.504 e. The van der Waals surface area contributed by atoms with Crippen molar-refractivity contribution in [2.75, 3.05) is 12.4 Å². The number of carbonyl (C=O) groups is 1. The minimum absolute atomic E-state index is 0.000659. The fourth-order valence-electron chi connectivity index (χ4n) is 3.87. The van der Waals surface area contributed by atoms with Crippen molar-refractivity contribution >= 4 is 11.7 Å². The van der Waals surface area contributed by atoms with Gasteiger partial charge in [0.2, 0.25) is 5.91 Å². The van der Waals surface area contributed by atoms with Crippen molar-refractivity contribution in [3.05, 3.63) is 35.5 Å². The van der Waals surface area contributed by atoms with Gasteiger partial charge in [0, 0.05) is 17.9 Å². The lowest BCUT2D eigenvalue weighted by Gasteiger charge is -2.25. The normalized spacial score (nSPS) is 20.7. The number of hydrogen-bond donors (Lipinski definition) is 2. The van der Waals surface area contributed by atoms with Crippen molar-refractivity contribution < 1.29 is 14.6 Å². The second-order valence-electron chi connectivity index (χ2n) is 6.57. The monoisotopic (exact) mass is 327 g/mol. The summed E-state index contributed by atoms with van der Waals surface area (Å²) in [5.74, 6) is 1.28. The van der Waals surface area contributed by atoms with Gasteiger partial charge in [0.1, 0.15) is 5.82 Å². The van der Waals surface area contributed by atoms with Gasteiger partial charge in [0.05, 0.1) is 19.3 Å². The number of hydrogen-bond acceptors (Lipinski definition) is 4. The molecule has 2 heterocycles. The summed E-state index contributed by atoms with van der Waals surface area (Å²) in [6.45, 7) is 0. The number of amides is 1. The van der Waals surface area contributed by atoms with Gasteiger partial charge in [-0.25, -0.2) is 4.68 Å². The number of phenols is 1. The van der Waals surface area contributed by atoms with Crippen LogP contribution in [-0.2, 0) is 4.79 Å². The van der Waals surface area contributed by atoms with E-state index in [9.17, 15) is 9.90 Å². The third kappa shape index (κ3) is 2.42. The van der Waals surface area contributed by atoms with Crippen LogP contribution in [0.1, 0.15) is 55.2 Å². The van der Waals surface area contributed by atoms with E-state index in [1.165, 1.54) is 20.0 Å². The van der Waals surface area contributed by atoms with Gasteiger partial charge in [-0.1, -0.05) is 18.9 Å². The van der Waals surface area contributed by atoms with E-state index in [1.54, 1.807) is 12.1 Å². The SMILES string of the molecule is COc1cc([C@H]2CC(=O)Nc3c2cnn3C2CCCC2)ccc1O. The molecule has 2 aliphatic rings. The molecule has 0 spiro atoms. The summed E-state index contributed by atoms with van der Waals surface area (Å²) in [6.07, 6.45) is 6.90. The number of phenolic OH excluding ortho intramolecular Hbond substituents is 1. The molecule has 1 aliphatic heterocycles.